The molecule has 3 saturated carbocycles. The van der Waals surface area contributed by atoms with Crippen molar-refractivity contribution in [2.75, 3.05) is 0 Å². The van der Waals surface area contributed by atoms with Gasteiger partial charge in [-0.2, -0.15) is 0 Å². The molecular formula is C13H21NO4. The van der Waals surface area contributed by atoms with E-state index < -0.39 is 0 Å². The van der Waals surface area contributed by atoms with Crippen LogP contribution in [0, 0.1) is 0 Å². The van der Waals surface area contributed by atoms with E-state index in [-0.39, 0.29) is 23.3 Å². The number of rotatable bonds is 4. The van der Waals surface area contributed by atoms with Crippen LogP contribution in [-0.4, -0.2) is 29.8 Å². The fourth-order valence-electron chi connectivity index (χ4n) is 3.01. The molecule has 0 heterocycles. The summed E-state index contributed by atoms with van der Waals surface area (Å²) in [4.78, 5) is 22.2. The van der Waals surface area contributed by atoms with E-state index in [4.69, 9.17) is 9.47 Å². The van der Waals surface area contributed by atoms with Gasteiger partial charge in [0.1, 0.15) is 11.2 Å². The molecule has 0 atom stereocenters. The van der Waals surface area contributed by atoms with Crippen molar-refractivity contribution in [1.82, 2.24) is 5.32 Å². The molecule has 5 nitrogen and oxygen atoms in total. The van der Waals surface area contributed by atoms with E-state index in [1.165, 1.54) is 0 Å². The highest BCUT2D eigenvalue weighted by Crippen LogP contribution is 2.50. The second-order valence-corrected chi connectivity index (χ2v) is 5.77. The SMILES string of the molecule is CC(C)NC(=O)OC12CCC(OC=O)(CC1)CC2. The maximum Gasteiger partial charge on any atom is 0.407 e. The van der Waals surface area contributed by atoms with Crippen LogP contribution in [0.1, 0.15) is 52.4 Å². The first-order chi connectivity index (χ1) is 8.49. The molecule has 3 aliphatic rings. The quantitative estimate of drug-likeness (QED) is 0.782. The van der Waals surface area contributed by atoms with E-state index in [0.717, 1.165) is 38.5 Å². The summed E-state index contributed by atoms with van der Waals surface area (Å²) in [5, 5.41) is 2.75. The summed E-state index contributed by atoms with van der Waals surface area (Å²) in [6, 6.07) is 0.0820. The van der Waals surface area contributed by atoms with Gasteiger partial charge >= 0.3 is 6.09 Å². The van der Waals surface area contributed by atoms with Gasteiger partial charge < -0.3 is 14.8 Å². The number of carbonyl (C=O) groups excluding carboxylic acids is 2. The number of fused-ring (bicyclic) bond motifs is 3. The van der Waals surface area contributed by atoms with E-state index in [0.29, 0.717) is 6.47 Å². The number of alkyl carbamates (subject to hydrolysis) is 1. The van der Waals surface area contributed by atoms with Crippen molar-refractivity contribution in [3.8, 4) is 0 Å². The van der Waals surface area contributed by atoms with Crippen molar-refractivity contribution >= 4 is 12.6 Å². The summed E-state index contributed by atoms with van der Waals surface area (Å²) in [5.41, 5.74) is -0.631. The van der Waals surface area contributed by atoms with Gasteiger partial charge in [0.2, 0.25) is 0 Å². The summed E-state index contributed by atoms with van der Waals surface area (Å²) in [7, 11) is 0. The zero-order valence-corrected chi connectivity index (χ0v) is 11.0. The average molecular weight is 255 g/mol. The Balaban J connectivity index is 1.93. The minimum absolute atomic E-state index is 0.0820. The maximum absolute atomic E-state index is 11.7. The van der Waals surface area contributed by atoms with Gasteiger partial charge in [0, 0.05) is 6.04 Å². The molecule has 0 aromatic carbocycles. The van der Waals surface area contributed by atoms with Gasteiger partial charge in [0.05, 0.1) is 0 Å². The van der Waals surface area contributed by atoms with Gasteiger partial charge in [-0.05, 0) is 52.4 Å². The molecule has 102 valence electrons. The first kappa shape index (κ1) is 13.2. The molecule has 3 rings (SSSR count). The van der Waals surface area contributed by atoms with Crippen LogP contribution in [0.5, 0.6) is 0 Å². The van der Waals surface area contributed by atoms with Crippen molar-refractivity contribution in [3.63, 3.8) is 0 Å². The van der Waals surface area contributed by atoms with Crippen LogP contribution in [0.25, 0.3) is 0 Å². The second kappa shape index (κ2) is 4.78. The van der Waals surface area contributed by atoms with Crippen LogP contribution in [0.15, 0.2) is 0 Å². The molecule has 18 heavy (non-hydrogen) atoms. The Hall–Kier alpha value is -1.26. The molecule has 0 saturated heterocycles. The van der Waals surface area contributed by atoms with Gasteiger partial charge in [0.25, 0.3) is 6.47 Å². The van der Waals surface area contributed by atoms with Crippen molar-refractivity contribution in [1.29, 1.82) is 0 Å². The van der Waals surface area contributed by atoms with Gasteiger partial charge in [-0.3, -0.25) is 4.79 Å². The zero-order chi connectivity index (χ0) is 13.2. The molecule has 0 aromatic heterocycles. The smallest absolute Gasteiger partial charge is 0.407 e. The third-order valence-corrected chi connectivity index (χ3v) is 4.12. The van der Waals surface area contributed by atoms with Crippen molar-refractivity contribution in [2.24, 2.45) is 0 Å². The van der Waals surface area contributed by atoms with Gasteiger partial charge in [-0.15, -0.1) is 0 Å². The predicted octanol–water partition coefficient (Wildman–Crippen LogP) is 2.14. The molecule has 3 aliphatic carbocycles. The van der Waals surface area contributed by atoms with Crippen molar-refractivity contribution in [3.05, 3.63) is 0 Å². The lowest BCUT2D eigenvalue weighted by atomic mass is 9.65. The highest BCUT2D eigenvalue weighted by atomic mass is 16.6. The number of ether oxygens (including phenoxy) is 2. The minimum atomic E-state index is -0.340. The maximum atomic E-state index is 11.7. The number of hydrogen-bond donors (Lipinski definition) is 1. The average Bonchev–Trinajstić information content (AvgIpc) is 2.30. The Morgan fingerprint density at radius 1 is 1.11 bits per heavy atom. The summed E-state index contributed by atoms with van der Waals surface area (Å²) < 4.78 is 10.8. The standard InChI is InChI=1S/C13H21NO4/c1-10(2)14-11(16)18-13-6-3-12(4-7-13,5-8-13)17-9-15/h9-10H,3-8H2,1-2H3,(H,14,16). The molecule has 5 heteroatoms. The van der Waals surface area contributed by atoms with Crippen molar-refractivity contribution in [2.45, 2.75) is 69.6 Å². The summed E-state index contributed by atoms with van der Waals surface area (Å²) in [6.07, 6.45) is 4.39. The molecular weight excluding hydrogens is 234 g/mol. The van der Waals surface area contributed by atoms with Gasteiger partial charge in [-0.25, -0.2) is 4.79 Å². The Morgan fingerprint density at radius 2 is 1.61 bits per heavy atom. The largest absolute Gasteiger partial charge is 0.461 e. The lowest BCUT2D eigenvalue weighted by Gasteiger charge is -2.51. The monoisotopic (exact) mass is 255 g/mol. The first-order valence-corrected chi connectivity index (χ1v) is 6.60. The normalized spacial score (nSPS) is 34.2. The number of carbonyl (C=O) groups is 2. The molecule has 0 aliphatic heterocycles. The van der Waals surface area contributed by atoms with Crippen LogP contribution in [0.2, 0.25) is 0 Å². The Kier molecular flexibility index (Phi) is 3.50. The van der Waals surface area contributed by atoms with Crippen LogP contribution in [0.4, 0.5) is 4.79 Å². The van der Waals surface area contributed by atoms with E-state index in [1.54, 1.807) is 0 Å². The van der Waals surface area contributed by atoms with Crippen LogP contribution in [-0.2, 0) is 14.3 Å². The topological polar surface area (TPSA) is 64.6 Å². The number of nitrogens with one attached hydrogen (secondary N) is 1. The van der Waals surface area contributed by atoms with E-state index in [2.05, 4.69) is 5.32 Å². The van der Waals surface area contributed by atoms with E-state index in [1.807, 2.05) is 13.8 Å². The number of hydrogen-bond acceptors (Lipinski definition) is 4. The zero-order valence-electron chi connectivity index (χ0n) is 11.0. The second-order valence-electron chi connectivity index (χ2n) is 5.77. The summed E-state index contributed by atoms with van der Waals surface area (Å²) >= 11 is 0. The third-order valence-electron chi connectivity index (χ3n) is 4.12. The molecule has 1 amide bonds. The molecule has 3 fully saturated rings. The molecule has 0 aromatic rings. The summed E-state index contributed by atoms with van der Waals surface area (Å²) in [6.45, 7) is 4.36. The van der Waals surface area contributed by atoms with Crippen LogP contribution < -0.4 is 5.32 Å². The van der Waals surface area contributed by atoms with E-state index in [9.17, 15) is 9.59 Å². The molecule has 2 bridgehead atoms. The molecule has 0 spiro atoms. The van der Waals surface area contributed by atoms with Crippen LogP contribution in [0.3, 0.4) is 0 Å². The Morgan fingerprint density at radius 3 is 2.06 bits per heavy atom. The Labute approximate surface area is 107 Å². The summed E-state index contributed by atoms with van der Waals surface area (Å²) in [5.74, 6) is 0. The minimum Gasteiger partial charge on any atom is -0.461 e. The fraction of sp³-hybridized carbons (Fsp3) is 0.846. The van der Waals surface area contributed by atoms with E-state index >= 15 is 0 Å². The lowest BCUT2D eigenvalue weighted by Crippen LogP contribution is -2.54. The van der Waals surface area contributed by atoms with Gasteiger partial charge in [0.15, 0.2) is 0 Å². The Bertz CT molecular complexity index is 315. The third kappa shape index (κ3) is 2.60. The fourth-order valence-corrected chi connectivity index (χ4v) is 3.01. The van der Waals surface area contributed by atoms with Gasteiger partial charge in [-0.1, -0.05) is 0 Å². The number of amides is 1. The lowest BCUT2D eigenvalue weighted by molar-refractivity contribution is -0.174. The molecule has 0 radical (unpaired) electrons. The predicted molar refractivity (Wildman–Crippen MR) is 65.1 cm³/mol. The first-order valence-electron chi connectivity index (χ1n) is 6.60. The highest BCUT2D eigenvalue weighted by molar-refractivity contribution is 5.68. The molecule has 0 unspecified atom stereocenters. The van der Waals surface area contributed by atoms with Crippen molar-refractivity contribution < 1.29 is 19.1 Å². The highest BCUT2D eigenvalue weighted by Gasteiger charge is 2.52. The molecule has 1 N–H and O–H groups in total. The van der Waals surface area contributed by atoms with Crippen LogP contribution >= 0.6 is 0 Å².